The molecule has 1 rings (SSSR count). The zero-order chi connectivity index (χ0) is 20.2. The van der Waals surface area contributed by atoms with Crippen molar-refractivity contribution in [3.05, 3.63) is 34.9 Å². The van der Waals surface area contributed by atoms with Gasteiger partial charge in [0.1, 0.15) is 0 Å². The number of benzene rings is 1. The van der Waals surface area contributed by atoms with Crippen LogP contribution in [0.2, 0.25) is 5.02 Å². The molecule has 1 aromatic carbocycles. The van der Waals surface area contributed by atoms with Gasteiger partial charge in [-0.05, 0) is 0 Å². The van der Waals surface area contributed by atoms with Crippen LogP contribution < -0.4 is 0 Å². The van der Waals surface area contributed by atoms with Gasteiger partial charge in [-0.15, -0.1) is 0 Å². The number of carbonyl (C=O) groups is 1. The summed E-state index contributed by atoms with van der Waals surface area (Å²) in [5.41, 5.74) is 0.522. The van der Waals surface area contributed by atoms with Gasteiger partial charge in [-0.1, -0.05) is 0 Å². The number of hydrogen-bond acceptors (Lipinski definition) is 2. The van der Waals surface area contributed by atoms with Crippen molar-refractivity contribution in [1.29, 1.82) is 0 Å². The average molecular weight is 415 g/mol. The minimum atomic E-state index is -2.61. The molecule has 2 nitrogen and oxygen atoms in total. The molecule has 1 aromatic rings. The Bertz CT molecular complexity index is 530. The Morgan fingerprint density at radius 3 is 1.59 bits per heavy atom. The molecule has 0 bridgehead atoms. The Morgan fingerprint density at radius 1 is 0.815 bits per heavy atom. The van der Waals surface area contributed by atoms with Gasteiger partial charge in [0.2, 0.25) is 0 Å². The third-order valence-corrected chi connectivity index (χ3v) is 12.5. The Balaban J connectivity index is 3.35. The molecule has 156 valence electrons. The number of rotatable bonds is 14. The predicted molar refractivity (Wildman–Crippen MR) is 123 cm³/mol. The average Bonchev–Trinajstić information content (AvgIpc) is 2.68. The van der Waals surface area contributed by atoms with E-state index in [0.717, 1.165) is 76.0 Å². The number of halogens is 1. The summed E-state index contributed by atoms with van der Waals surface area (Å²) in [4.78, 5) is 13.3. The van der Waals surface area contributed by atoms with Gasteiger partial charge in [0.05, 0.1) is 0 Å². The molecule has 0 saturated heterocycles. The van der Waals surface area contributed by atoms with Crippen LogP contribution in [0.15, 0.2) is 24.3 Å². The quantitative estimate of drug-likeness (QED) is 0.287. The topological polar surface area (TPSA) is 26.3 Å². The van der Waals surface area contributed by atoms with Gasteiger partial charge in [0, 0.05) is 0 Å². The third-order valence-electron chi connectivity index (χ3n) is 5.74. The zero-order valence-corrected chi connectivity index (χ0v) is 19.6. The second kappa shape index (κ2) is 12.1. The molecule has 27 heavy (non-hydrogen) atoms. The van der Waals surface area contributed by atoms with Crippen LogP contribution >= 0.6 is 18.4 Å². The maximum atomic E-state index is 13.3. The van der Waals surface area contributed by atoms with E-state index in [1.54, 1.807) is 12.1 Å². The van der Waals surface area contributed by atoms with Crippen LogP contribution in [-0.2, 0) is 4.52 Å². The van der Waals surface area contributed by atoms with Crippen LogP contribution in [0.5, 0.6) is 0 Å². The summed E-state index contributed by atoms with van der Waals surface area (Å²) in [6, 6.07) is 7.31. The van der Waals surface area contributed by atoms with Crippen LogP contribution in [0.25, 0.3) is 0 Å². The van der Waals surface area contributed by atoms with Crippen LogP contribution in [0.3, 0.4) is 0 Å². The van der Waals surface area contributed by atoms with E-state index in [2.05, 4.69) is 27.7 Å². The van der Waals surface area contributed by atoms with Gasteiger partial charge < -0.3 is 0 Å². The summed E-state index contributed by atoms with van der Waals surface area (Å²) in [6.45, 7) is 6.34. The molecule has 0 aliphatic heterocycles. The molecular formula is C23H40ClO2P. The second-order valence-electron chi connectivity index (χ2n) is 8.03. The first-order valence-electron chi connectivity index (χ1n) is 11.0. The molecule has 0 fully saturated rings. The standard InChI is InChI=1S/C23H40ClO2P/c1-5-9-17-27(18-10-6-2,19-11-7-3,20-12-8-4)26-23(25)21-15-13-14-16-22(21)24/h13-16H,5-12,17-20H2,1-4H3. The van der Waals surface area contributed by atoms with Crippen molar-refractivity contribution in [2.75, 3.05) is 24.6 Å². The van der Waals surface area contributed by atoms with E-state index in [1.165, 1.54) is 0 Å². The molecule has 0 aliphatic carbocycles. The minimum absolute atomic E-state index is 0.197. The predicted octanol–water partition coefficient (Wildman–Crippen LogP) is 8.17. The van der Waals surface area contributed by atoms with Crippen molar-refractivity contribution in [2.45, 2.75) is 79.1 Å². The van der Waals surface area contributed by atoms with E-state index in [4.69, 9.17) is 16.1 Å². The molecule has 0 N–H and O–H groups in total. The van der Waals surface area contributed by atoms with Crippen LogP contribution in [0, 0.1) is 0 Å². The van der Waals surface area contributed by atoms with Gasteiger partial charge in [-0.25, -0.2) is 0 Å². The fraction of sp³-hybridized carbons (Fsp3) is 0.696. The molecule has 0 heterocycles. The summed E-state index contributed by atoms with van der Waals surface area (Å²) >= 11 is 6.32. The second-order valence-corrected chi connectivity index (χ2v) is 14.1. The van der Waals surface area contributed by atoms with Crippen LogP contribution in [0.4, 0.5) is 0 Å². The molecule has 0 spiro atoms. The summed E-state index contributed by atoms with van der Waals surface area (Å²) in [6.07, 6.45) is 13.5. The first-order chi connectivity index (χ1) is 13.0. The van der Waals surface area contributed by atoms with Crippen LogP contribution in [0.1, 0.15) is 89.4 Å². The summed E-state index contributed by atoms with van der Waals surface area (Å²) in [5.74, 6) is -0.197. The maximum absolute atomic E-state index is 13.3. The molecule has 0 aromatic heterocycles. The zero-order valence-electron chi connectivity index (χ0n) is 17.9. The number of unbranched alkanes of at least 4 members (excludes halogenated alkanes) is 4. The van der Waals surface area contributed by atoms with Gasteiger partial charge in [0.15, 0.2) is 0 Å². The Kier molecular flexibility index (Phi) is 10.9. The van der Waals surface area contributed by atoms with E-state index in [-0.39, 0.29) is 5.97 Å². The van der Waals surface area contributed by atoms with Crippen molar-refractivity contribution in [2.24, 2.45) is 0 Å². The van der Waals surface area contributed by atoms with E-state index in [0.29, 0.717) is 10.6 Å². The Morgan fingerprint density at radius 2 is 1.22 bits per heavy atom. The molecule has 0 saturated carbocycles. The normalized spacial score (nSPS) is 13.1. The molecule has 0 aliphatic rings. The summed E-state index contributed by atoms with van der Waals surface area (Å²) in [7, 11) is 0. The van der Waals surface area contributed by atoms with Gasteiger partial charge in [0.25, 0.3) is 0 Å². The Labute approximate surface area is 172 Å². The van der Waals surface area contributed by atoms with Crippen molar-refractivity contribution >= 4 is 24.4 Å². The van der Waals surface area contributed by atoms with Crippen molar-refractivity contribution < 1.29 is 9.32 Å². The van der Waals surface area contributed by atoms with Gasteiger partial charge in [-0.3, -0.25) is 0 Å². The summed E-state index contributed by atoms with van der Waals surface area (Å²) < 4.78 is 6.71. The SMILES string of the molecule is CCCCP(CCCC)(CCCC)(CCCC)OC(=O)c1ccccc1Cl. The number of carbonyl (C=O) groups excluding carboxylic acids is 1. The van der Waals surface area contributed by atoms with Gasteiger partial charge >= 0.3 is 172 Å². The molecule has 0 radical (unpaired) electrons. The molecular weight excluding hydrogens is 375 g/mol. The van der Waals surface area contributed by atoms with E-state index in [1.807, 2.05) is 12.1 Å². The van der Waals surface area contributed by atoms with Gasteiger partial charge in [-0.2, -0.15) is 0 Å². The van der Waals surface area contributed by atoms with Crippen LogP contribution in [-0.4, -0.2) is 30.6 Å². The fourth-order valence-electron chi connectivity index (χ4n) is 4.00. The van der Waals surface area contributed by atoms with E-state index in [9.17, 15) is 4.79 Å². The Hall–Kier alpha value is -0.590. The first-order valence-corrected chi connectivity index (χ1v) is 14.2. The number of hydrogen-bond donors (Lipinski definition) is 0. The van der Waals surface area contributed by atoms with E-state index >= 15 is 0 Å². The first kappa shape index (κ1) is 24.4. The van der Waals surface area contributed by atoms with Crippen molar-refractivity contribution in [3.63, 3.8) is 0 Å². The molecule has 0 unspecified atom stereocenters. The fourth-order valence-corrected chi connectivity index (χ4v) is 10.9. The monoisotopic (exact) mass is 414 g/mol. The summed E-state index contributed by atoms with van der Waals surface area (Å²) in [5, 5.41) is 0.496. The van der Waals surface area contributed by atoms with E-state index < -0.39 is 6.83 Å². The third kappa shape index (κ3) is 7.06. The molecule has 0 amide bonds. The van der Waals surface area contributed by atoms with Crippen molar-refractivity contribution in [1.82, 2.24) is 0 Å². The molecule has 4 heteroatoms. The molecule has 0 atom stereocenters. The van der Waals surface area contributed by atoms with Crippen molar-refractivity contribution in [3.8, 4) is 0 Å².